The molecule has 1 N–H and O–H groups in total. The van der Waals surface area contributed by atoms with Gasteiger partial charge in [-0.25, -0.2) is 4.39 Å². The van der Waals surface area contributed by atoms with Crippen LogP contribution in [0.15, 0.2) is 36.4 Å². The van der Waals surface area contributed by atoms with Gasteiger partial charge >= 0.3 is 0 Å². The Labute approximate surface area is 197 Å². The van der Waals surface area contributed by atoms with E-state index in [2.05, 4.69) is 5.32 Å². The minimum absolute atomic E-state index is 0.0375. The van der Waals surface area contributed by atoms with Gasteiger partial charge in [-0.3, -0.25) is 9.59 Å². The van der Waals surface area contributed by atoms with E-state index in [0.717, 1.165) is 6.42 Å². The molecule has 0 aliphatic heterocycles. The molecule has 31 heavy (non-hydrogen) atoms. The summed E-state index contributed by atoms with van der Waals surface area (Å²) < 4.78 is 14.3. The van der Waals surface area contributed by atoms with E-state index in [1.54, 1.807) is 18.2 Å². The molecule has 0 bridgehead atoms. The van der Waals surface area contributed by atoms with Crippen LogP contribution in [0.3, 0.4) is 0 Å². The van der Waals surface area contributed by atoms with Crippen LogP contribution in [0.5, 0.6) is 0 Å². The summed E-state index contributed by atoms with van der Waals surface area (Å²) >= 11 is 18.3. The van der Waals surface area contributed by atoms with E-state index in [4.69, 9.17) is 34.8 Å². The van der Waals surface area contributed by atoms with Gasteiger partial charge in [-0.05, 0) is 49.6 Å². The summed E-state index contributed by atoms with van der Waals surface area (Å²) in [6, 6.07) is 8.52. The number of nitrogens with one attached hydrogen (secondary N) is 1. The second kappa shape index (κ2) is 11.7. The molecule has 4 nitrogen and oxygen atoms in total. The average molecular weight is 488 g/mol. The molecule has 168 valence electrons. The quantitative estimate of drug-likeness (QED) is 0.468. The fourth-order valence-corrected chi connectivity index (χ4v) is 3.70. The van der Waals surface area contributed by atoms with Gasteiger partial charge in [0, 0.05) is 23.2 Å². The van der Waals surface area contributed by atoms with Crippen LogP contribution in [0, 0.1) is 5.82 Å². The summed E-state index contributed by atoms with van der Waals surface area (Å²) in [5, 5.41) is 3.83. The lowest BCUT2D eigenvalue weighted by molar-refractivity contribution is -0.141. The molecule has 2 rings (SSSR count). The van der Waals surface area contributed by atoms with Crippen molar-refractivity contribution in [3.63, 3.8) is 0 Å². The maximum absolute atomic E-state index is 14.3. The van der Waals surface area contributed by atoms with Crippen LogP contribution in [0.4, 0.5) is 4.39 Å². The van der Waals surface area contributed by atoms with Crippen molar-refractivity contribution in [1.82, 2.24) is 10.2 Å². The van der Waals surface area contributed by atoms with Crippen molar-refractivity contribution in [3.05, 3.63) is 68.4 Å². The Morgan fingerprint density at radius 1 is 1.03 bits per heavy atom. The number of hydrogen-bond acceptors (Lipinski definition) is 2. The lowest BCUT2D eigenvalue weighted by Gasteiger charge is -2.31. The van der Waals surface area contributed by atoms with Crippen LogP contribution < -0.4 is 5.32 Å². The third kappa shape index (κ3) is 6.83. The predicted molar refractivity (Wildman–Crippen MR) is 124 cm³/mol. The molecule has 0 aliphatic carbocycles. The van der Waals surface area contributed by atoms with Crippen LogP contribution in [0.25, 0.3) is 0 Å². The molecule has 2 atom stereocenters. The normalized spacial score (nSPS) is 12.9. The zero-order valence-electron chi connectivity index (χ0n) is 17.7. The summed E-state index contributed by atoms with van der Waals surface area (Å²) in [5.74, 6) is -1.23. The monoisotopic (exact) mass is 486 g/mol. The number of carbonyl (C=O) groups excluding carboxylic acids is 2. The maximum Gasteiger partial charge on any atom is 0.243 e. The van der Waals surface area contributed by atoms with Crippen LogP contribution in [-0.4, -0.2) is 28.8 Å². The SMILES string of the molecule is CC[C@H](C)NC(=O)[C@H](CC)N(Cc1ccc(Cl)c(Cl)c1)C(=O)Cc1c(F)cccc1Cl. The molecular weight excluding hydrogens is 462 g/mol. The molecule has 0 unspecified atom stereocenters. The summed E-state index contributed by atoms with van der Waals surface area (Å²) in [4.78, 5) is 27.7. The van der Waals surface area contributed by atoms with Gasteiger partial charge in [-0.2, -0.15) is 0 Å². The first kappa shape index (κ1) is 25.4. The molecule has 0 fully saturated rings. The molecule has 0 heterocycles. The number of benzene rings is 2. The van der Waals surface area contributed by atoms with Gasteiger partial charge in [0.05, 0.1) is 16.5 Å². The van der Waals surface area contributed by atoms with Gasteiger partial charge in [0.1, 0.15) is 11.9 Å². The van der Waals surface area contributed by atoms with Crippen molar-refractivity contribution < 1.29 is 14.0 Å². The van der Waals surface area contributed by atoms with Crippen LogP contribution in [0.1, 0.15) is 44.7 Å². The topological polar surface area (TPSA) is 49.4 Å². The van der Waals surface area contributed by atoms with E-state index < -0.39 is 17.8 Å². The Hall–Kier alpha value is -1.82. The van der Waals surface area contributed by atoms with Crippen LogP contribution >= 0.6 is 34.8 Å². The van der Waals surface area contributed by atoms with E-state index in [0.29, 0.717) is 22.0 Å². The molecule has 0 spiro atoms. The highest BCUT2D eigenvalue weighted by Gasteiger charge is 2.30. The molecule has 0 radical (unpaired) electrons. The molecular formula is C23H26Cl3FN2O2. The zero-order valence-corrected chi connectivity index (χ0v) is 20.0. The lowest BCUT2D eigenvalue weighted by atomic mass is 10.1. The highest BCUT2D eigenvalue weighted by Crippen LogP contribution is 2.25. The molecule has 0 saturated carbocycles. The molecule has 2 aromatic rings. The Kier molecular flexibility index (Phi) is 9.60. The number of halogens is 4. The van der Waals surface area contributed by atoms with E-state index in [1.165, 1.54) is 23.1 Å². The van der Waals surface area contributed by atoms with Crippen molar-refractivity contribution in [2.75, 3.05) is 0 Å². The third-order valence-electron chi connectivity index (χ3n) is 5.11. The van der Waals surface area contributed by atoms with Crippen molar-refractivity contribution in [1.29, 1.82) is 0 Å². The first-order chi connectivity index (χ1) is 14.7. The highest BCUT2D eigenvalue weighted by molar-refractivity contribution is 6.42. The first-order valence-corrected chi connectivity index (χ1v) is 11.3. The number of nitrogens with zero attached hydrogens (tertiary/aromatic N) is 1. The average Bonchev–Trinajstić information content (AvgIpc) is 2.73. The van der Waals surface area contributed by atoms with E-state index in [1.807, 2.05) is 20.8 Å². The number of rotatable bonds is 9. The van der Waals surface area contributed by atoms with Gasteiger partial charge in [0.15, 0.2) is 0 Å². The first-order valence-electron chi connectivity index (χ1n) is 10.1. The standard InChI is InChI=1S/C23H26Cl3FN2O2/c1-4-14(3)28-23(31)21(5-2)29(13-15-9-10-18(25)19(26)11-15)22(30)12-16-17(24)7-6-8-20(16)27/h6-11,14,21H,4-5,12-13H2,1-3H3,(H,28,31)/t14-,21-/m0/s1. The van der Waals surface area contributed by atoms with E-state index in [-0.39, 0.29) is 35.5 Å². The minimum Gasteiger partial charge on any atom is -0.352 e. The second-order valence-electron chi connectivity index (χ2n) is 7.39. The number of hydrogen-bond donors (Lipinski definition) is 1. The van der Waals surface area contributed by atoms with Gasteiger partial charge in [0.2, 0.25) is 11.8 Å². The van der Waals surface area contributed by atoms with Gasteiger partial charge < -0.3 is 10.2 Å². The summed E-state index contributed by atoms with van der Waals surface area (Å²) in [6.45, 7) is 5.81. The lowest BCUT2D eigenvalue weighted by Crippen LogP contribution is -2.51. The molecule has 2 amide bonds. The largest absolute Gasteiger partial charge is 0.352 e. The van der Waals surface area contributed by atoms with Crippen LogP contribution in [-0.2, 0) is 22.6 Å². The molecule has 0 saturated heterocycles. The molecule has 2 aromatic carbocycles. The fourth-order valence-electron chi connectivity index (χ4n) is 3.15. The van der Waals surface area contributed by atoms with Gasteiger partial charge in [-0.15, -0.1) is 0 Å². The van der Waals surface area contributed by atoms with Gasteiger partial charge in [-0.1, -0.05) is 60.8 Å². The third-order valence-corrected chi connectivity index (χ3v) is 6.21. The summed E-state index contributed by atoms with van der Waals surface area (Å²) in [5.41, 5.74) is 0.808. The highest BCUT2D eigenvalue weighted by atomic mass is 35.5. The minimum atomic E-state index is -0.735. The zero-order chi connectivity index (χ0) is 23.1. The number of carbonyl (C=O) groups is 2. The Morgan fingerprint density at radius 3 is 2.32 bits per heavy atom. The second-order valence-corrected chi connectivity index (χ2v) is 8.61. The van der Waals surface area contributed by atoms with Crippen LogP contribution in [0.2, 0.25) is 15.1 Å². The number of amides is 2. The van der Waals surface area contributed by atoms with E-state index >= 15 is 0 Å². The molecule has 0 aliphatic rings. The fraction of sp³-hybridized carbons (Fsp3) is 0.391. The van der Waals surface area contributed by atoms with Gasteiger partial charge in [0.25, 0.3) is 0 Å². The van der Waals surface area contributed by atoms with Crippen molar-refractivity contribution in [2.24, 2.45) is 0 Å². The maximum atomic E-state index is 14.3. The van der Waals surface area contributed by atoms with Crippen molar-refractivity contribution in [3.8, 4) is 0 Å². The summed E-state index contributed by atoms with van der Waals surface area (Å²) in [6.07, 6.45) is 0.883. The molecule has 8 heteroatoms. The van der Waals surface area contributed by atoms with E-state index in [9.17, 15) is 14.0 Å². The predicted octanol–water partition coefficient (Wildman–Crippen LogP) is 6.05. The summed E-state index contributed by atoms with van der Waals surface area (Å²) in [7, 11) is 0. The Bertz CT molecular complexity index is 919. The van der Waals surface area contributed by atoms with Crippen molar-refractivity contribution >= 4 is 46.6 Å². The Balaban J connectivity index is 2.38. The Morgan fingerprint density at radius 2 is 1.74 bits per heavy atom. The molecule has 0 aromatic heterocycles. The smallest absolute Gasteiger partial charge is 0.243 e. The van der Waals surface area contributed by atoms with Crippen molar-refractivity contribution in [2.45, 2.75) is 58.7 Å².